The van der Waals surface area contributed by atoms with Gasteiger partial charge < -0.3 is 18.9 Å². The second-order valence-corrected chi connectivity index (χ2v) is 7.76. The van der Waals surface area contributed by atoms with Crippen molar-refractivity contribution in [2.75, 3.05) is 6.61 Å². The summed E-state index contributed by atoms with van der Waals surface area (Å²) < 4.78 is 16.9. The van der Waals surface area contributed by atoms with E-state index >= 15 is 0 Å². The van der Waals surface area contributed by atoms with Gasteiger partial charge in [0, 0.05) is 18.5 Å². The molecule has 32 heavy (non-hydrogen) atoms. The lowest BCUT2D eigenvalue weighted by atomic mass is 10.0. The first-order valence-corrected chi connectivity index (χ1v) is 10.6. The van der Waals surface area contributed by atoms with Crippen LogP contribution in [0, 0.1) is 6.92 Å². The molecule has 4 aromatic rings. The van der Waals surface area contributed by atoms with E-state index in [0.29, 0.717) is 28.0 Å². The van der Waals surface area contributed by atoms with Crippen LogP contribution in [0.3, 0.4) is 0 Å². The second kappa shape index (κ2) is 9.56. The van der Waals surface area contributed by atoms with Crippen molar-refractivity contribution in [2.24, 2.45) is 0 Å². The lowest BCUT2D eigenvalue weighted by molar-refractivity contribution is -0.123. The van der Waals surface area contributed by atoms with Gasteiger partial charge in [0.1, 0.15) is 22.9 Å². The van der Waals surface area contributed by atoms with E-state index < -0.39 is 0 Å². The van der Waals surface area contributed by atoms with Crippen molar-refractivity contribution in [3.63, 3.8) is 0 Å². The molecule has 1 N–H and O–H groups in total. The fraction of sp³-hybridized carbons (Fsp3) is 0.231. The molecule has 0 aliphatic carbocycles. The van der Waals surface area contributed by atoms with Gasteiger partial charge in [-0.3, -0.25) is 9.59 Å². The van der Waals surface area contributed by atoms with E-state index in [4.69, 9.17) is 13.6 Å². The molecule has 6 heteroatoms. The molecule has 0 fully saturated rings. The zero-order chi connectivity index (χ0) is 22.5. The summed E-state index contributed by atoms with van der Waals surface area (Å²) in [6, 6.07) is 18.2. The van der Waals surface area contributed by atoms with Crippen LogP contribution in [0.25, 0.3) is 22.1 Å². The number of benzene rings is 2. The van der Waals surface area contributed by atoms with E-state index in [-0.39, 0.29) is 24.0 Å². The number of ether oxygens (including phenoxy) is 1. The summed E-state index contributed by atoms with van der Waals surface area (Å²) in [4.78, 5) is 25.3. The summed E-state index contributed by atoms with van der Waals surface area (Å²) in [7, 11) is 0. The molecule has 0 saturated carbocycles. The zero-order valence-electron chi connectivity index (χ0n) is 18.1. The van der Waals surface area contributed by atoms with Gasteiger partial charge in [-0.15, -0.1) is 0 Å². The number of furan rings is 1. The van der Waals surface area contributed by atoms with Crippen LogP contribution >= 0.6 is 0 Å². The Morgan fingerprint density at radius 2 is 1.91 bits per heavy atom. The highest BCUT2D eigenvalue weighted by Gasteiger charge is 2.15. The number of nitrogens with one attached hydrogen (secondary N) is 1. The van der Waals surface area contributed by atoms with Gasteiger partial charge >= 0.3 is 0 Å². The Morgan fingerprint density at radius 3 is 2.66 bits per heavy atom. The normalized spacial score (nSPS) is 11.9. The lowest BCUT2D eigenvalue weighted by Crippen LogP contribution is -2.36. The lowest BCUT2D eigenvalue weighted by Gasteiger charge is -2.14. The average molecular weight is 431 g/mol. The number of rotatable bonds is 8. The van der Waals surface area contributed by atoms with Crippen LogP contribution in [0.1, 0.15) is 24.9 Å². The van der Waals surface area contributed by atoms with E-state index in [9.17, 15) is 9.59 Å². The topological polar surface area (TPSA) is 81.7 Å². The van der Waals surface area contributed by atoms with Crippen molar-refractivity contribution >= 4 is 16.9 Å². The van der Waals surface area contributed by atoms with Crippen molar-refractivity contribution in [1.29, 1.82) is 0 Å². The molecule has 4 rings (SSSR count). The third kappa shape index (κ3) is 4.91. The van der Waals surface area contributed by atoms with Crippen molar-refractivity contribution in [3.8, 4) is 16.9 Å². The summed E-state index contributed by atoms with van der Waals surface area (Å²) in [5, 5.41) is 3.38. The standard InChI is InChI=1S/C26H25NO5/c1-17(10-11-20-9-6-14-30-20)27-24(28)16-31-21-12-13-22-23(15-21)32-18(2)25(26(22)29)19-7-4-3-5-8-19/h3-9,12-15,17H,10-11,16H2,1-2H3,(H,27,28). The number of hydrogen-bond acceptors (Lipinski definition) is 5. The number of hydrogen-bond donors (Lipinski definition) is 1. The van der Waals surface area contributed by atoms with E-state index in [1.165, 1.54) is 0 Å². The monoisotopic (exact) mass is 431 g/mol. The van der Waals surface area contributed by atoms with Crippen molar-refractivity contribution in [1.82, 2.24) is 5.32 Å². The molecule has 164 valence electrons. The molecule has 1 atom stereocenters. The van der Waals surface area contributed by atoms with Crippen LogP contribution in [-0.4, -0.2) is 18.6 Å². The third-order valence-corrected chi connectivity index (χ3v) is 5.28. The van der Waals surface area contributed by atoms with E-state index in [2.05, 4.69) is 5.32 Å². The minimum Gasteiger partial charge on any atom is -0.484 e. The minimum absolute atomic E-state index is 0.00937. The van der Waals surface area contributed by atoms with Crippen LogP contribution < -0.4 is 15.5 Å². The molecule has 1 unspecified atom stereocenters. The first kappa shape index (κ1) is 21.4. The summed E-state index contributed by atoms with van der Waals surface area (Å²) >= 11 is 0. The fourth-order valence-corrected chi connectivity index (χ4v) is 3.67. The molecule has 2 aromatic heterocycles. The Bertz CT molecular complexity index is 1260. The Hall–Kier alpha value is -3.80. The average Bonchev–Trinajstić information content (AvgIpc) is 3.30. The molecule has 2 aromatic carbocycles. The molecule has 0 aliphatic heterocycles. The molecule has 0 saturated heterocycles. The fourth-order valence-electron chi connectivity index (χ4n) is 3.67. The Morgan fingerprint density at radius 1 is 1.09 bits per heavy atom. The number of aryl methyl sites for hydroxylation is 2. The Balaban J connectivity index is 1.40. The highest BCUT2D eigenvalue weighted by Crippen LogP contribution is 2.26. The van der Waals surface area contributed by atoms with Crippen LogP contribution in [-0.2, 0) is 11.2 Å². The molecule has 0 spiro atoms. The second-order valence-electron chi connectivity index (χ2n) is 7.76. The highest BCUT2D eigenvalue weighted by atomic mass is 16.5. The predicted octanol–water partition coefficient (Wildman–Crippen LogP) is 4.88. The summed E-state index contributed by atoms with van der Waals surface area (Å²) in [5.41, 5.74) is 1.70. The zero-order valence-corrected chi connectivity index (χ0v) is 18.1. The molecule has 2 heterocycles. The third-order valence-electron chi connectivity index (χ3n) is 5.28. The van der Waals surface area contributed by atoms with Gasteiger partial charge in [-0.2, -0.15) is 0 Å². The van der Waals surface area contributed by atoms with Gasteiger partial charge in [-0.05, 0) is 50.1 Å². The number of carbonyl (C=O) groups excluding carboxylic acids is 1. The smallest absolute Gasteiger partial charge is 0.258 e. The van der Waals surface area contributed by atoms with Crippen LogP contribution in [0.4, 0.5) is 0 Å². The van der Waals surface area contributed by atoms with E-state index in [1.54, 1.807) is 31.4 Å². The molecule has 1 amide bonds. The van der Waals surface area contributed by atoms with Crippen LogP contribution in [0.2, 0.25) is 0 Å². The van der Waals surface area contributed by atoms with Crippen LogP contribution in [0.5, 0.6) is 5.75 Å². The minimum atomic E-state index is -0.214. The summed E-state index contributed by atoms with van der Waals surface area (Å²) in [5.74, 6) is 1.68. The van der Waals surface area contributed by atoms with Crippen LogP contribution in [0.15, 0.2) is 80.6 Å². The first-order valence-electron chi connectivity index (χ1n) is 10.6. The maximum Gasteiger partial charge on any atom is 0.258 e. The maximum atomic E-state index is 13.0. The molecule has 0 bridgehead atoms. The highest BCUT2D eigenvalue weighted by molar-refractivity contribution is 5.84. The number of fused-ring (bicyclic) bond motifs is 1. The van der Waals surface area contributed by atoms with Crippen molar-refractivity contribution in [3.05, 3.63) is 88.7 Å². The molecule has 6 nitrogen and oxygen atoms in total. The SMILES string of the molecule is Cc1oc2cc(OCC(=O)NC(C)CCc3ccco3)ccc2c(=O)c1-c1ccccc1. The molecular weight excluding hydrogens is 406 g/mol. The Kier molecular flexibility index (Phi) is 6.40. The van der Waals surface area contributed by atoms with Gasteiger partial charge in [0.2, 0.25) is 5.43 Å². The summed E-state index contributed by atoms with van der Waals surface area (Å²) in [6.45, 7) is 3.59. The first-order chi connectivity index (χ1) is 15.5. The van der Waals surface area contributed by atoms with Gasteiger partial charge in [0.15, 0.2) is 6.61 Å². The quantitative estimate of drug-likeness (QED) is 0.430. The molecule has 0 aliphatic rings. The molecular formula is C26H25NO5. The van der Waals surface area contributed by atoms with Gasteiger partial charge in [-0.25, -0.2) is 0 Å². The van der Waals surface area contributed by atoms with Gasteiger partial charge in [0.25, 0.3) is 5.91 Å². The maximum absolute atomic E-state index is 13.0. The van der Waals surface area contributed by atoms with E-state index in [1.807, 2.05) is 49.4 Å². The molecule has 0 radical (unpaired) electrons. The van der Waals surface area contributed by atoms with Gasteiger partial charge in [-0.1, -0.05) is 30.3 Å². The summed E-state index contributed by atoms with van der Waals surface area (Å²) in [6.07, 6.45) is 3.16. The number of amides is 1. The van der Waals surface area contributed by atoms with Crippen molar-refractivity contribution < 1.29 is 18.4 Å². The van der Waals surface area contributed by atoms with E-state index in [0.717, 1.165) is 24.2 Å². The van der Waals surface area contributed by atoms with Crippen molar-refractivity contribution in [2.45, 2.75) is 32.7 Å². The largest absolute Gasteiger partial charge is 0.484 e. The number of carbonyl (C=O) groups is 1. The Labute approximate surface area is 185 Å². The van der Waals surface area contributed by atoms with Gasteiger partial charge in [0.05, 0.1) is 17.2 Å². The predicted molar refractivity (Wildman–Crippen MR) is 123 cm³/mol.